The van der Waals surface area contributed by atoms with E-state index in [4.69, 9.17) is 0 Å². The fourth-order valence-corrected chi connectivity index (χ4v) is 3.58. The third kappa shape index (κ3) is 3.52. The summed E-state index contributed by atoms with van der Waals surface area (Å²) in [6.07, 6.45) is 0.614. The summed E-state index contributed by atoms with van der Waals surface area (Å²) in [5.74, 6) is -0.883. The number of aliphatic hydroxyl groups excluding tert-OH is 1. The van der Waals surface area contributed by atoms with Crippen molar-refractivity contribution < 1.29 is 14.7 Å². The van der Waals surface area contributed by atoms with E-state index in [1.54, 1.807) is 29.2 Å². The lowest BCUT2D eigenvalue weighted by Crippen LogP contribution is -2.32. The highest BCUT2D eigenvalue weighted by Crippen LogP contribution is 2.38. The highest BCUT2D eigenvalue weighted by molar-refractivity contribution is 6.08. The number of ketones is 1. The van der Waals surface area contributed by atoms with Crippen molar-refractivity contribution in [1.29, 1.82) is 0 Å². The van der Waals surface area contributed by atoms with Crippen LogP contribution in [0.4, 0.5) is 0 Å². The number of amides is 1. The molecule has 8 nitrogen and oxygen atoms in total. The first-order chi connectivity index (χ1) is 14.1. The SMILES string of the molecule is CC(=O)C1=C(O)C(=O)N(CCc2ccccc2)C1c1ccc(-c2nn[nH]n2)cc1. The van der Waals surface area contributed by atoms with Gasteiger partial charge in [-0.15, -0.1) is 10.2 Å². The van der Waals surface area contributed by atoms with Gasteiger partial charge >= 0.3 is 0 Å². The maximum absolute atomic E-state index is 12.7. The van der Waals surface area contributed by atoms with Crippen LogP contribution in [0, 0.1) is 0 Å². The van der Waals surface area contributed by atoms with E-state index in [1.165, 1.54) is 6.92 Å². The van der Waals surface area contributed by atoms with E-state index < -0.39 is 17.7 Å². The predicted molar refractivity (Wildman–Crippen MR) is 105 cm³/mol. The van der Waals surface area contributed by atoms with Gasteiger partial charge in [-0.25, -0.2) is 0 Å². The van der Waals surface area contributed by atoms with Crippen LogP contribution in [0.5, 0.6) is 0 Å². The Morgan fingerprint density at radius 2 is 1.86 bits per heavy atom. The normalized spacial score (nSPS) is 16.5. The minimum Gasteiger partial charge on any atom is -0.503 e. The van der Waals surface area contributed by atoms with Crippen molar-refractivity contribution in [2.75, 3.05) is 6.54 Å². The summed E-state index contributed by atoms with van der Waals surface area (Å²) >= 11 is 0. The number of aliphatic hydroxyl groups is 1. The highest BCUT2D eigenvalue weighted by Gasteiger charge is 2.42. The first kappa shape index (κ1) is 18.5. The van der Waals surface area contributed by atoms with Crippen molar-refractivity contribution in [3.8, 4) is 11.4 Å². The monoisotopic (exact) mass is 389 g/mol. The molecule has 0 fully saturated rings. The molecule has 0 spiro atoms. The third-order valence-electron chi connectivity index (χ3n) is 5.00. The zero-order valence-electron chi connectivity index (χ0n) is 15.7. The van der Waals surface area contributed by atoms with Crippen LogP contribution in [-0.2, 0) is 16.0 Å². The summed E-state index contributed by atoms with van der Waals surface area (Å²) in [6.45, 7) is 1.74. The van der Waals surface area contributed by atoms with Gasteiger partial charge in [0.2, 0.25) is 5.82 Å². The molecule has 0 aliphatic carbocycles. The van der Waals surface area contributed by atoms with E-state index in [9.17, 15) is 14.7 Å². The zero-order valence-corrected chi connectivity index (χ0v) is 15.7. The molecule has 4 rings (SSSR count). The van der Waals surface area contributed by atoms with Gasteiger partial charge in [-0.3, -0.25) is 9.59 Å². The molecule has 2 N–H and O–H groups in total. The Kier molecular flexibility index (Phi) is 4.90. The molecule has 0 saturated heterocycles. The number of hydrogen-bond acceptors (Lipinski definition) is 6. The van der Waals surface area contributed by atoms with Gasteiger partial charge in [-0.1, -0.05) is 54.6 Å². The second-order valence-corrected chi connectivity index (χ2v) is 6.81. The van der Waals surface area contributed by atoms with Crippen molar-refractivity contribution >= 4 is 11.7 Å². The molecule has 1 aromatic heterocycles. The second kappa shape index (κ2) is 7.67. The average molecular weight is 389 g/mol. The molecule has 0 radical (unpaired) electrons. The molecule has 2 aromatic carbocycles. The van der Waals surface area contributed by atoms with E-state index in [2.05, 4.69) is 20.6 Å². The third-order valence-corrected chi connectivity index (χ3v) is 5.00. The highest BCUT2D eigenvalue weighted by atomic mass is 16.3. The van der Waals surface area contributed by atoms with Crippen molar-refractivity contribution in [1.82, 2.24) is 25.5 Å². The number of hydrogen-bond donors (Lipinski definition) is 2. The molecule has 0 bridgehead atoms. The molecule has 146 valence electrons. The van der Waals surface area contributed by atoms with E-state index >= 15 is 0 Å². The molecule has 1 unspecified atom stereocenters. The number of carbonyl (C=O) groups is 2. The first-order valence-electron chi connectivity index (χ1n) is 9.19. The van der Waals surface area contributed by atoms with Crippen LogP contribution in [0.2, 0.25) is 0 Å². The van der Waals surface area contributed by atoms with E-state index in [-0.39, 0.29) is 11.4 Å². The number of aromatic nitrogens is 4. The quantitative estimate of drug-likeness (QED) is 0.669. The maximum Gasteiger partial charge on any atom is 0.290 e. The van der Waals surface area contributed by atoms with Gasteiger partial charge in [-0.2, -0.15) is 5.21 Å². The van der Waals surface area contributed by atoms with Crippen LogP contribution in [0.1, 0.15) is 24.1 Å². The number of Topliss-reactive ketones (excluding diaryl/α,β-unsaturated/α-hetero) is 1. The Bertz CT molecular complexity index is 1060. The average Bonchev–Trinajstić information content (AvgIpc) is 3.35. The van der Waals surface area contributed by atoms with Crippen LogP contribution >= 0.6 is 0 Å². The minimum atomic E-state index is -0.636. The minimum absolute atomic E-state index is 0.121. The molecule has 1 atom stereocenters. The van der Waals surface area contributed by atoms with E-state index in [1.807, 2.05) is 30.3 Å². The summed E-state index contributed by atoms with van der Waals surface area (Å²) in [7, 11) is 0. The lowest BCUT2D eigenvalue weighted by Gasteiger charge is -2.26. The van der Waals surface area contributed by atoms with Crippen molar-refractivity contribution in [2.45, 2.75) is 19.4 Å². The van der Waals surface area contributed by atoms with Gasteiger partial charge < -0.3 is 10.0 Å². The molecule has 1 amide bonds. The van der Waals surface area contributed by atoms with E-state index in [0.29, 0.717) is 18.8 Å². The number of H-pyrrole nitrogens is 1. The van der Waals surface area contributed by atoms with Gasteiger partial charge in [0.1, 0.15) is 0 Å². The maximum atomic E-state index is 12.7. The van der Waals surface area contributed by atoms with Crippen LogP contribution in [-0.4, -0.2) is 48.9 Å². The van der Waals surface area contributed by atoms with Gasteiger partial charge in [0.05, 0.1) is 11.6 Å². The summed E-state index contributed by atoms with van der Waals surface area (Å²) in [4.78, 5) is 26.5. The Hall–Kier alpha value is -3.81. The van der Waals surface area contributed by atoms with Crippen molar-refractivity contribution in [2.24, 2.45) is 0 Å². The van der Waals surface area contributed by atoms with Crippen molar-refractivity contribution in [3.05, 3.63) is 77.1 Å². The molecular weight excluding hydrogens is 370 g/mol. The number of nitrogens with one attached hydrogen (secondary N) is 1. The van der Waals surface area contributed by atoms with Gasteiger partial charge in [-0.05, 0) is 29.7 Å². The molecule has 29 heavy (non-hydrogen) atoms. The molecule has 8 heteroatoms. The van der Waals surface area contributed by atoms with Gasteiger partial charge in [0.25, 0.3) is 5.91 Å². The first-order valence-corrected chi connectivity index (χ1v) is 9.19. The topological polar surface area (TPSA) is 112 Å². The molecule has 2 heterocycles. The number of nitrogens with zero attached hydrogens (tertiary/aromatic N) is 4. The number of rotatable bonds is 6. The fourth-order valence-electron chi connectivity index (χ4n) is 3.58. The van der Waals surface area contributed by atoms with Gasteiger partial charge in [0, 0.05) is 12.1 Å². The Morgan fingerprint density at radius 1 is 1.14 bits per heavy atom. The number of aromatic amines is 1. The Morgan fingerprint density at radius 3 is 2.48 bits per heavy atom. The lowest BCUT2D eigenvalue weighted by molar-refractivity contribution is -0.129. The van der Waals surface area contributed by atoms with Crippen LogP contribution in [0.25, 0.3) is 11.4 Å². The van der Waals surface area contributed by atoms with Gasteiger partial charge in [0.15, 0.2) is 11.5 Å². The summed E-state index contributed by atoms with van der Waals surface area (Å²) < 4.78 is 0. The predicted octanol–water partition coefficient (Wildman–Crippen LogP) is 2.39. The zero-order chi connectivity index (χ0) is 20.4. The molecule has 0 saturated carbocycles. The number of benzene rings is 2. The van der Waals surface area contributed by atoms with Crippen LogP contribution in [0.15, 0.2) is 65.9 Å². The largest absolute Gasteiger partial charge is 0.503 e. The van der Waals surface area contributed by atoms with Crippen LogP contribution in [0.3, 0.4) is 0 Å². The number of carbonyl (C=O) groups excluding carboxylic acids is 2. The van der Waals surface area contributed by atoms with Crippen molar-refractivity contribution in [3.63, 3.8) is 0 Å². The molecule has 1 aliphatic rings. The van der Waals surface area contributed by atoms with E-state index in [0.717, 1.165) is 16.7 Å². The summed E-state index contributed by atoms with van der Waals surface area (Å²) in [6, 6.07) is 16.3. The standard InChI is InChI=1S/C21H19N5O3/c1-13(27)17-18(15-7-9-16(10-8-15)20-22-24-25-23-20)26(21(29)19(17)28)12-11-14-5-3-2-4-6-14/h2-10,18,28H,11-12H2,1H3,(H,22,23,24,25). The van der Waals surface area contributed by atoms with Crippen LogP contribution < -0.4 is 0 Å². The smallest absolute Gasteiger partial charge is 0.290 e. The number of tetrazole rings is 1. The fraction of sp³-hybridized carbons (Fsp3) is 0.190. The summed E-state index contributed by atoms with van der Waals surface area (Å²) in [5, 5.41) is 24.2. The Balaban J connectivity index is 1.65. The molecule has 1 aliphatic heterocycles. The second-order valence-electron chi connectivity index (χ2n) is 6.81. The Labute approximate surface area is 166 Å². The molecule has 3 aromatic rings. The molecular formula is C21H19N5O3. The summed E-state index contributed by atoms with van der Waals surface area (Å²) in [5.41, 5.74) is 2.67. The lowest BCUT2D eigenvalue weighted by atomic mass is 9.95.